The van der Waals surface area contributed by atoms with Crippen LogP contribution < -0.4 is 5.32 Å². The highest BCUT2D eigenvalue weighted by Crippen LogP contribution is 1.72. The fourth-order valence-electron chi connectivity index (χ4n) is 0.453. The van der Waals surface area contributed by atoms with Crippen LogP contribution >= 0.6 is 0 Å². The van der Waals surface area contributed by atoms with Gasteiger partial charge < -0.3 is 5.32 Å². The molecule has 0 aromatic carbocycles. The summed E-state index contributed by atoms with van der Waals surface area (Å²) in [7, 11) is 0. The van der Waals surface area contributed by atoms with Gasteiger partial charge in [-0.2, -0.15) is 0 Å². The molecule has 0 saturated carbocycles. The molecule has 0 atom stereocenters. The topological polar surface area (TPSA) is 29.1 Å². The lowest BCUT2D eigenvalue weighted by Gasteiger charge is -1.90. The molecule has 0 saturated heterocycles. The minimum Gasteiger partial charge on any atom is -0.303 e. The summed E-state index contributed by atoms with van der Waals surface area (Å²) in [6.45, 7) is 2.71. The number of nitrogens with one attached hydrogen (secondary N) is 1. The summed E-state index contributed by atoms with van der Waals surface area (Å²) in [5.74, 6) is 2.48. The zero-order valence-corrected chi connectivity index (χ0v) is 6.05. The zero-order valence-electron chi connectivity index (χ0n) is 6.05. The van der Waals surface area contributed by atoms with E-state index in [9.17, 15) is 4.79 Å². The number of allylic oxidation sites excluding steroid dienone is 1. The van der Waals surface area contributed by atoms with Crippen LogP contribution in [0.4, 0.5) is 0 Å². The molecule has 2 heteroatoms. The summed E-state index contributed by atoms with van der Waals surface area (Å²) >= 11 is 0. The van der Waals surface area contributed by atoms with Crippen molar-refractivity contribution >= 4 is 5.78 Å². The van der Waals surface area contributed by atoms with Crippen molar-refractivity contribution < 1.29 is 4.79 Å². The Kier molecular flexibility index (Phi) is 5.41. The van der Waals surface area contributed by atoms with Crippen molar-refractivity contribution in [2.24, 2.45) is 0 Å². The van der Waals surface area contributed by atoms with E-state index >= 15 is 0 Å². The molecule has 0 aromatic rings. The third kappa shape index (κ3) is 6.93. The van der Waals surface area contributed by atoms with Crippen LogP contribution in [0.3, 0.4) is 0 Å². The van der Waals surface area contributed by atoms with Gasteiger partial charge in [-0.3, -0.25) is 4.79 Å². The average Bonchev–Trinajstić information content (AvgIpc) is 1.87. The molecule has 0 spiro atoms. The predicted octanol–water partition coefficient (Wildman–Crippen LogP) is 0.354. The van der Waals surface area contributed by atoms with Gasteiger partial charge in [-0.1, -0.05) is 12.0 Å². The molecule has 54 valence electrons. The van der Waals surface area contributed by atoms with Crippen LogP contribution in [0.15, 0.2) is 12.2 Å². The Hall–Kier alpha value is -1.07. The van der Waals surface area contributed by atoms with E-state index in [1.807, 2.05) is 0 Å². The SMILES string of the molecule is C#CCNC/C=C/C(C)=O. The predicted molar refractivity (Wildman–Crippen MR) is 41.5 cm³/mol. The Morgan fingerprint density at radius 1 is 1.80 bits per heavy atom. The molecule has 0 aliphatic carbocycles. The molecule has 0 amide bonds. The van der Waals surface area contributed by atoms with E-state index < -0.39 is 0 Å². The van der Waals surface area contributed by atoms with Gasteiger partial charge in [0.25, 0.3) is 0 Å². The highest BCUT2D eigenvalue weighted by atomic mass is 16.1. The Morgan fingerprint density at radius 2 is 2.50 bits per heavy atom. The fraction of sp³-hybridized carbons (Fsp3) is 0.375. The lowest BCUT2D eigenvalue weighted by Crippen LogP contribution is -2.13. The molecule has 0 rings (SSSR count). The summed E-state index contributed by atoms with van der Waals surface area (Å²) in [6.07, 6.45) is 8.23. The highest BCUT2D eigenvalue weighted by Gasteiger charge is 1.79. The number of carbonyl (C=O) groups excluding carboxylic acids is 1. The highest BCUT2D eigenvalue weighted by molar-refractivity contribution is 5.87. The van der Waals surface area contributed by atoms with Crippen molar-refractivity contribution in [1.82, 2.24) is 5.32 Å². The zero-order chi connectivity index (χ0) is 7.82. The van der Waals surface area contributed by atoms with Gasteiger partial charge in [-0.25, -0.2) is 0 Å². The fourth-order valence-corrected chi connectivity index (χ4v) is 0.453. The molecule has 0 aromatic heterocycles. The number of ketones is 1. The van der Waals surface area contributed by atoms with Gasteiger partial charge in [-0.15, -0.1) is 6.42 Å². The van der Waals surface area contributed by atoms with E-state index in [0.29, 0.717) is 13.1 Å². The third-order valence-corrected chi connectivity index (χ3v) is 0.842. The normalized spacial score (nSPS) is 9.60. The molecule has 0 bridgehead atoms. The van der Waals surface area contributed by atoms with Gasteiger partial charge in [0, 0.05) is 6.54 Å². The lowest BCUT2D eigenvalue weighted by atomic mass is 10.4. The van der Waals surface area contributed by atoms with Crippen LogP contribution in [-0.4, -0.2) is 18.9 Å². The largest absolute Gasteiger partial charge is 0.303 e. The van der Waals surface area contributed by atoms with Gasteiger partial charge >= 0.3 is 0 Å². The molecular weight excluding hydrogens is 126 g/mol. The van der Waals surface area contributed by atoms with Crippen LogP contribution in [0.25, 0.3) is 0 Å². The van der Waals surface area contributed by atoms with E-state index in [4.69, 9.17) is 6.42 Å². The number of carbonyl (C=O) groups is 1. The molecule has 1 N–H and O–H groups in total. The van der Waals surface area contributed by atoms with Crippen molar-refractivity contribution in [3.8, 4) is 12.3 Å². The second-order valence-corrected chi connectivity index (χ2v) is 1.85. The molecule has 0 heterocycles. The summed E-state index contributed by atoms with van der Waals surface area (Å²) in [4.78, 5) is 10.3. The van der Waals surface area contributed by atoms with E-state index in [0.717, 1.165) is 0 Å². The van der Waals surface area contributed by atoms with Crippen molar-refractivity contribution in [3.05, 3.63) is 12.2 Å². The van der Waals surface area contributed by atoms with Crippen LogP contribution in [0.5, 0.6) is 0 Å². The molecule has 0 fully saturated rings. The minimum atomic E-state index is 0.0579. The maximum Gasteiger partial charge on any atom is 0.152 e. The van der Waals surface area contributed by atoms with Crippen LogP contribution in [0.1, 0.15) is 6.92 Å². The van der Waals surface area contributed by atoms with Crippen molar-refractivity contribution in [2.75, 3.05) is 13.1 Å². The molecular formula is C8H11NO. The summed E-state index contributed by atoms with van der Waals surface area (Å²) in [5, 5.41) is 2.92. The van der Waals surface area contributed by atoms with E-state index in [2.05, 4.69) is 11.2 Å². The second-order valence-electron chi connectivity index (χ2n) is 1.85. The Labute approximate surface area is 61.3 Å². The maximum atomic E-state index is 10.3. The van der Waals surface area contributed by atoms with Gasteiger partial charge in [0.05, 0.1) is 6.54 Å². The number of rotatable bonds is 4. The first kappa shape index (κ1) is 8.93. The lowest BCUT2D eigenvalue weighted by molar-refractivity contribution is -0.112. The quantitative estimate of drug-likeness (QED) is 0.344. The van der Waals surface area contributed by atoms with Crippen molar-refractivity contribution in [2.45, 2.75) is 6.92 Å². The molecule has 2 nitrogen and oxygen atoms in total. The molecule has 0 aliphatic heterocycles. The first-order chi connectivity index (χ1) is 4.77. The Balaban J connectivity index is 3.20. The van der Waals surface area contributed by atoms with Crippen molar-refractivity contribution in [1.29, 1.82) is 0 Å². The van der Waals surface area contributed by atoms with Gasteiger partial charge in [0.2, 0.25) is 0 Å². The number of hydrogen-bond donors (Lipinski definition) is 1. The number of hydrogen-bond acceptors (Lipinski definition) is 2. The molecule has 10 heavy (non-hydrogen) atoms. The summed E-state index contributed by atoms with van der Waals surface area (Å²) in [6, 6.07) is 0. The van der Waals surface area contributed by atoms with Crippen LogP contribution in [-0.2, 0) is 4.79 Å². The molecule has 0 aliphatic rings. The second kappa shape index (κ2) is 6.06. The third-order valence-electron chi connectivity index (χ3n) is 0.842. The standard InChI is InChI=1S/C8H11NO/c1-3-6-9-7-4-5-8(2)10/h1,4-5,9H,6-7H2,2H3/b5-4+. The van der Waals surface area contributed by atoms with Gasteiger partial charge in [-0.05, 0) is 13.0 Å². The summed E-state index contributed by atoms with van der Waals surface area (Å²) in [5.41, 5.74) is 0. The van der Waals surface area contributed by atoms with Crippen LogP contribution in [0, 0.1) is 12.3 Å². The first-order valence-corrected chi connectivity index (χ1v) is 3.08. The van der Waals surface area contributed by atoms with Gasteiger partial charge in [0.1, 0.15) is 0 Å². The monoisotopic (exact) mass is 137 g/mol. The average molecular weight is 137 g/mol. The van der Waals surface area contributed by atoms with Crippen LogP contribution in [0.2, 0.25) is 0 Å². The molecule has 0 radical (unpaired) electrons. The minimum absolute atomic E-state index is 0.0579. The molecule has 0 unspecified atom stereocenters. The van der Waals surface area contributed by atoms with Crippen molar-refractivity contribution in [3.63, 3.8) is 0 Å². The Morgan fingerprint density at radius 3 is 3.00 bits per heavy atom. The first-order valence-electron chi connectivity index (χ1n) is 3.08. The number of terminal acetylenes is 1. The van der Waals surface area contributed by atoms with E-state index in [1.54, 1.807) is 6.08 Å². The Bertz CT molecular complexity index is 165. The van der Waals surface area contributed by atoms with Gasteiger partial charge in [0.15, 0.2) is 5.78 Å². The maximum absolute atomic E-state index is 10.3. The summed E-state index contributed by atoms with van der Waals surface area (Å²) < 4.78 is 0. The van der Waals surface area contributed by atoms with E-state index in [1.165, 1.54) is 13.0 Å². The smallest absolute Gasteiger partial charge is 0.152 e. The van der Waals surface area contributed by atoms with E-state index in [-0.39, 0.29) is 5.78 Å².